The minimum atomic E-state index is 1.06. The Bertz CT molecular complexity index is 244. The van der Waals surface area contributed by atoms with Crippen LogP contribution in [0.3, 0.4) is 0 Å². The van der Waals surface area contributed by atoms with Gasteiger partial charge >= 0.3 is 0 Å². The fourth-order valence-corrected chi connectivity index (χ4v) is 2.49. The minimum absolute atomic E-state index is 1.06. The van der Waals surface area contributed by atoms with Crippen LogP contribution in [0.1, 0.15) is 5.56 Å². The molecule has 3 heteroatoms. The molecule has 2 rings (SSSR count). The molecule has 0 unspecified atom stereocenters. The molecule has 1 fully saturated rings. The van der Waals surface area contributed by atoms with Crippen LogP contribution in [-0.2, 0) is 6.54 Å². The molecule has 0 N–H and O–H groups in total. The quantitative estimate of drug-likeness (QED) is 0.712. The molecule has 1 aliphatic rings. The average molecular weight is 194 g/mol. The third kappa shape index (κ3) is 2.71. The first-order valence-corrected chi connectivity index (χ1v) is 5.79. The highest BCUT2D eigenvalue weighted by molar-refractivity contribution is 7.99. The molecule has 0 saturated carbocycles. The molecule has 2 nitrogen and oxygen atoms in total. The highest BCUT2D eigenvalue weighted by atomic mass is 32.2. The Balaban J connectivity index is 1.90. The fourth-order valence-electron chi connectivity index (χ4n) is 1.51. The van der Waals surface area contributed by atoms with Crippen molar-refractivity contribution in [2.45, 2.75) is 6.54 Å². The van der Waals surface area contributed by atoms with Gasteiger partial charge in [-0.25, -0.2) is 0 Å². The van der Waals surface area contributed by atoms with Crippen molar-refractivity contribution in [2.24, 2.45) is 0 Å². The van der Waals surface area contributed by atoms with Crippen LogP contribution in [0.4, 0.5) is 0 Å². The van der Waals surface area contributed by atoms with Crippen LogP contribution in [0, 0.1) is 0 Å². The van der Waals surface area contributed by atoms with Crippen LogP contribution in [0.25, 0.3) is 0 Å². The lowest BCUT2D eigenvalue weighted by atomic mass is 10.2. The van der Waals surface area contributed by atoms with Crippen molar-refractivity contribution in [2.75, 3.05) is 24.6 Å². The molecule has 1 saturated heterocycles. The number of aromatic nitrogens is 1. The van der Waals surface area contributed by atoms with E-state index >= 15 is 0 Å². The predicted molar refractivity (Wildman–Crippen MR) is 56.8 cm³/mol. The van der Waals surface area contributed by atoms with Gasteiger partial charge < -0.3 is 0 Å². The van der Waals surface area contributed by atoms with Gasteiger partial charge in [-0.1, -0.05) is 6.07 Å². The molecule has 0 amide bonds. The van der Waals surface area contributed by atoms with Crippen LogP contribution in [0.2, 0.25) is 0 Å². The van der Waals surface area contributed by atoms with Gasteiger partial charge in [0, 0.05) is 43.5 Å². The Labute approximate surface area is 83.4 Å². The summed E-state index contributed by atoms with van der Waals surface area (Å²) in [5, 5.41) is 0. The SMILES string of the molecule is c1cncc(CN2CCSCC2)c1. The predicted octanol–water partition coefficient (Wildman–Crippen LogP) is 1.63. The summed E-state index contributed by atoms with van der Waals surface area (Å²) in [5.74, 6) is 2.56. The molecular formula is C10H14N2S. The molecule has 2 heterocycles. The van der Waals surface area contributed by atoms with E-state index in [-0.39, 0.29) is 0 Å². The zero-order valence-electron chi connectivity index (χ0n) is 7.65. The summed E-state index contributed by atoms with van der Waals surface area (Å²) in [5.41, 5.74) is 1.33. The van der Waals surface area contributed by atoms with E-state index in [9.17, 15) is 0 Å². The molecule has 70 valence electrons. The van der Waals surface area contributed by atoms with Crippen LogP contribution < -0.4 is 0 Å². The summed E-state index contributed by atoms with van der Waals surface area (Å²) in [4.78, 5) is 6.61. The summed E-state index contributed by atoms with van der Waals surface area (Å²) in [6.45, 7) is 3.51. The fraction of sp³-hybridized carbons (Fsp3) is 0.500. The van der Waals surface area contributed by atoms with Gasteiger partial charge in [0.25, 0.3) is 0 Å². The second-order valence-corrected chi connectivity index (χ2v) is 4.47. The highest BCUT2D eigenvalue weighted by Gasteiger charge is 2.09. The maximum absolute atomic E-state index is 4.12. The second kappa shape index (κ2) is 4.63. The van der Waals surface area contributed by atoms with Gasteiger partial charge in [-0.15, -0.1) is 0 Å². The Morgan fingerprint density at radius 3 is 2.92 bits per heavy atom. The summed E-state index contributed by atoms with van der Waals surface area (Å²) >= 11 is 2.05. The molecule has 0 atom stereocenters. The first-order chi connectivity index (χ1) is 6.45. The average Bonchev–Trinajstić information content (AvgIpc) is 2.21. The Kier molecular flexibility index (Phi) is 3.22. The van der Waals surface area contributed by atoms with Gasteiger partial charge in [0.05, 0.1) is 0 Å². The van der Waals surface area contributed by atoms with E-state index in [1.807, 2.05) is 18.5 Å². The van der Waals surface area contributed by atoms with Crippen molar-refractivity contribution < 1.29 is 0 Å². The van der Waals surface area contributed by atoms with E-state index in [1.165, 1.54) is 30.2 Å². The Morgan fingerprint density at radius 2 is 2.23 bits per heavy atom. The molecule has 0 aromatic carbocycles. The largest absolute Gasteiger partial charge is 0.297 e. The van der Waals surface area contributed by atoms with Crippen molar-refractivity contribution in [3.8, 4) is 0 Å². The zero-order chi connectivity index (χ0) is 8.93. The molecule has 13 heavy (non-hydrogen) atoms. The lowest BCUT2D eigenvalue weighted by molar-refractivity contribution is 0.294. The Hall–Kier alpha value is -0.540. The number of thioether (sulfide) groups is 1. The van der Waals surface area contributed by atoms with Crippen molar-refractivity contribution in [1.29, 1.82) is 0 Å². The molecule has 1 aromatic heterocycles. The Morgan fingerprint density at radius 1 is 1.38 bits per heavy atom. The van der Waals surface area contributed by atoms with E-state index in [2.05, 4.69) is 27.7 Å². The van der Waals surface area contributed by atoms with Gasteiger partial charge in [-0.3, -0.25) is 9.88 Å². The maximum atomic E-state index is 4.12. The van der Waals surface area contributed by atoms with E-state index in [1.54, 1.807) is 0 Å². The molecule has 1 aliphatic heterocycles. The van der Waals surface area contributed by atoms with Gasteiger partial charge in [0.2, 0.25) is 0 Å². The van der Waals surface area contributed by atoms with Crippen molar-refractivity contribution in [1.82, 2.24) is 9.88 Å². The normalized spacial score (nSPS) is 18.8. The topological polar surface area (TPSA) is 16.1 Å². The van der Waals surface area contributed by atoms with Crippen molar-refractivity contribution >= 4 is 11.8 Å². The number of pyridine rings is 1. The van der Waals surface area contributed by atoms with E-state index in [0.717, 1.165) is 6.54 Å². The standard InChI is InChI=1S/C10H14N2S/c1-2-10(8-11-3-1)9-12-4-6-13-7-5-12/h1-3,8H,4-7,9H2. The maximum Gasteiger partial charge on any atom is 0.0312 e. The van der Waals surface area contributed by atoms with Gasteiger partial charge in [-0.05, 0) is 11.6 Å². The van der Waals surface area contributed by atoms with Gasteiger partial charge in [-0.2, -0.15) is 11.8 Å². The van der Waals surface area contributed by atoms with Crippen LogP contribution in [-0.4, -0.2) is 34.5 Å². The molecule has 0 bridgehead atoms. The van der Waals surface area contributed by atoms with E-state index in [4.69, 9.17) is 0 Å². The monoisotopic (exact) mass is 194 g/mol. The molecule has 0 spiro atoms. The van der Waals surface area contributed by atoms with Gasteiger partial charge in [0.15, 0.2) is 0 Å². The van der Waals surface area contributed by atoms with Crippen LogP contribution in [0.5, 0.6) is 0 Å². The second-order valence-electron chi connectivity index (χ2n) is 3.25. The first-order valence-electron chi connectivity index (χ1n) is 4.64. The number of hydrogen-bond donors (Lipinski definition) is 0. The smallest absolute Gasteiger partial charge is 0.0312 e. The lowest BCUT2D eigenvalue weighted by Gasteiger charge is -2.25. The van der Waals surface area contributed by atoms with Gasteiger partial charge in [0.1, 0.15) is 0 Å². The minimum Gasteiger partial charge on any atom is -0.297 e. The number of rotatable bonds is 2. The van der Waals surface area contributed by atoms with Crippen molar-refractivity contribution in [3.63, 3.8) is 0 Å². The lowest BCUT2D eigenvalue weighted by Crippen LogP contribution is -2.31. The first kappa shape index (κ1) is 9.03. The number of hydrogen-bond acceptors (Lipinski definition) is 3. The van der Waals surface area contributed by atoms with Crippen molar-refractivity contribution in [3.05, 3.63) is 30.1 Å². The van der Waals surface area contributed by atoms with Crippen LogP contribution in [0.15, 0.2) is 24.5 Å². The van der Waals surface area contributed by atoms with E-state index < -0.39 is 0 Å². The summed E-state index contributed by atoms with van der Waals surface area (Å²) in [6.07, 6.45) is 3.79. The molecule has 0 aliphatic carbocycles. The summed E-state index contributed by atoms with van der Waals surface area (Å²) in [7, 11) is 0. The zero-order valence-corrected chi connectivity index (χ0v) is 8.46. The summed E-state index contributed by atoms with van der Waals surface area (Å²) < 4.78 is 0. The highest BCUT2D eigenvalue weighted by Crippen LogP contribution is 2.11. The number of nitrogens with zero attached hydrogens (tertiary/aromatic N) is 2. The molecule has 1 aromatic rings. The third-order valence-corrected chi connectivity index (χ3v) is 3.18. The van der Waals surface area contributed by atoms with Crippen LogP contribution >= 0.6 is 11.8 Å². The summed E-state index contributed by atoms with van der Waals surface area (Å²) in [6, 6.07) is 4.16. The van der Waals surface area contributed by atoms with E-state index in [0.29, 0.717) is 0 Å². The molecular weight excluding hydrogens is 180 g/mol. The third-order valence-electron chi connectivity index (χ3n) is 2.23. The molecule has 0 radical (unpaired) electrons.